The van der Waals surface area contributed by atoms with Crippen molar-refractivity contribution < 1.29 is 29.3 Å². The van der Waals surface area contributed by atoms with Gasteiger partial charge in [0, 0.05) is 34.2 Å². The highest BCUT2D eigenvalue weighted by atomic mass is 16.4. The number of phenols is 1. The zero-order valence-corrected chi connectivity index (χ0v) is 23.1. The van der Waals surface area contributed by atoms with E-state index in [9.17, 15) is 29.7 Å². The number of hydrogen-bond acceptors (Lipinski definition) is 5. The normalized spacial score (nSPS) is 11.3. The molecule has 0 atom stereocenters. The number of carboxylic acid groups (broad SMARTS) is 2. The monoisotopic (exact) mass is 544 g/mol. The fraction of sp³-hybridized carbons (Fsp3) is 0.364. The molecule has 7 heteroatoms. The summed E-state index contributed by atoms with van der Waals surface area (Å²) >= 11 is 0. The first-order chi connectivity index (χ1) is 19.2. The lowest BCUT2D eigenvalue weighted by Gasteiger charge is -2.19. The first kappa shape index (κ1) is 28.9. The molecule has 2 aromatic carbocycles. The molecule has 7 nitrogen and oxygen atoms in total. The van der Waals surface area contributed by atoms with Crippen LogP contribution in [0.15, 0.2) is 51.7 Å². The minimum Gasteiger partial charge on any atom is -0.508 e. The zero-order valence-electron chi connectivity index (χ0n) is 23.1. The van der Waals surface area contributed by atoms with Crippen molar-refractivity contribution in [2.45, 2.75) is 78.1 Å². The van der Waals surface area contributed by atoms with Crippen LogP contribution in [-0.2, 0) is 12.8 Å². The first-order valence-corrected chi connectivity index (χ1v) is 14.1. The third-order valence-electron chi connectivity index (χ3n) is 7.47. The predicted octanol–water partition coefficient (Wildman–Crippen LogP) is 7.91. The molecule has 2 aromatic rings. The van der Waals surface area contributed by atoms with Gasteiger partial charge in [-0.25, -0.2) is 9.59 Å². The van der Waals surface area contributed by atoms with Crippen molar-refractivity contribution in [1.82, 2.24) is 0 Å². The van der Waals surface area contributed by atoms with Crippen LogP contribution in [0.25, 0.3) is 33.4 Å². The van der Waals surface area contributed by atoms with Crippen LogP contribution in [0.1, 0.15) is 97.1 Å². The number of aromatic carboxylic acids is 2. The number of carboxylic acids is 2. The second-order valence-electron chi connectivity index (χ2n) is 10.4. The lowest BCUT2D eigenvalue weighted by molar-refractivity contribution is 0.0682. The van der Waals surface area contributed by atoms with Crippen LogP contribution in [0.5, 0.6) is 5.75 Å². The van der Waals surface area contributed by atoms with Gasteiger partial charge in [0.2, 0.25) is 0 Å². The largest absolute Gasteiger partial charge is 0.508 e. The Kier molecular flexibility index (Phi) is 9.25. The van der Waals surface area contributed by atoms with Gasteiger partial charge in [-0.15, -0.1) is 0 Å². The minimum absolute atomic E-state index is 0.0547. The van der Waals surface area contributed by atoms with E-state index >= 15 is 0 Å². The van der Waals surface area contributed by atoms with Gasteiger partial charge in [0.15, 0.2) is 5.43 Å². The molecule has 0 aromatic heterocycles. The topological polar surface area (TPSA) is 125 Å². The molecule has 3 N–H and O–H groups in total. The van der Waals surface area contributed by atoms with Crippen LogP contribution < -0.4 is 5.43 Å². The van der Waals surface area contributed by atoms with Crippen molar-refractivity contribution in [3.8, 4) is 28.2 Å². The molecule has 1 aliphatic carbocycles. The Bertz CT molecular complexity index is 1560. The van der Waals surface area contributed by atoms with Crippen molar-refractivity contribution in [3.05, 3.63) is 74.9 Å². The molecule has 0 spiro atoms. The summed E-state index contributed by atoms with van der Waals surface area (Å²) in [6.07, 6.45) is 9.25. The molecule has 40 heavy (non-hydrogen) atoms. The van der Waals surface area contributed by atoms with Gasteiger partial charge in [-0.3, -0.25) is 4.79 Å². The van der Waals surface area contributed by atoms with Gasteiger partial charge < -0.3 is 19.7 Å². The van der Waals surface area contributed by atoms with E-state index in [1.807, 2.05) is 0 Å². The smallest absolute Gasteiger partial charge is 0.336 e. The summed E-state index contributed by atoms with van der Waals surface area (Å²) in [5, 5.41) is 31.1. The minimum atomic E-state index is -1.20. The van der Waals surface area contributed by atoms with Crippen molar-refractivity contribution >= 4 is 22.9 Å². The molecule has 4 rings (SSSR count). The zero-order chi connectivity index (χ0) is 28.8. The average molecular weight is 545 g/mol. The third-order valence-corrected chi connectivity index (χ3v) is 7.47. The molecule has 1 aliphatic heterocycles. The van der Waals surface area contributed by atoms with Crippen LogP contribution >= 0.6 is 0 Å². The SMILES string of the molecule is CCCCCCc1cc2c(-c3cc(C(=O)O)ccc3C(=O)O)c3cc(CCCCCC)c(=O)cc-3oc2cc1O. The highest BCUT2D eigenvalue weighted by Gasteiger charge is 2.25. The summed E-state index contributed by atoms with van der Waals surface area (Å²) in [4.78, 5) is 37.2. The van der Waals surface area contributed by atoms with E-state index < -0.39 is 11.9 Å². The van der Waals surface area contributed by atoms with Gasteiger partial charge in [0.1, 0.15) is 17.1 Å². The Morgan fingerprint density at radius 2 is 1.43 bits per heavy atom. The molecule has 0 saturated heterocycles. The van der Waals surface area contributed by atoms with Crippen LogP contribution in [0.2, 0.25) is 0 Å². The standard InChI is InChI=1S/C33H36O7/c1-3-5-7-9-11-20-15-25-29(18-27(20)34)40-30-19-28(35)21(12-10-8-6-4-2)16-26(30)31(25)24-17-22(32(36)37)13-14-23(24)33(38)39/h13-19,34H,3-12H2,1-2H3,(H,36,37)(H,38,39). The summed E-state index contributed by atoms with van der Waals surface area (Å²) in [6.45, 7) is 4.25. The van der Waals surface area contributed by atoms with Crippen LogP contribution in [-0.4, -0.2) is 27.3 Å². The molecule has 0 saturated carbocycles. The number of aromatic hydroxyl groups is 1. The maximum atomic E-state index is 13.0. The van der Waals surface area contributed by atoms with Gasteiger partial charge in [-0.05, 0) is 67.1 Å². The molecule has 2 aliphatic rings. The summed E-state index contributed by atoms with van der Waals surface area (Å²) in [6, 6.07) is 10.4. The molecular formula is C33H36O7. The number of phenolic OH excluding ortho intramolecular Hbond substituents is 1. The molecule has 210 valence electrons. The molecule has 0 radical (unpaired) electrons. The highest BCUT2D eigenvalue weighted by Crippen LogP contribution is 2.43. The Morgan fingerprint density at radius 1 is 0.750 bits per heavy atom. The number of unbranched alkanes of at least 4 members (excludes halogenated alkanes) is 6. The first-order valence-electron chi connectivity index (χ1n) is 14.1. The fourth-order valence-corrected chi connectivity index (χ4v) is 5.28. The second kappa shape index (κ2) is 12.8. The molecule has 0 unspecified atom stereocenters. The van der Waals surface area contributed by atoms with Crippen LogP contribution in [0.4, 0.5) is 0 Å². The number of fused-ring (bicyclic) bond motifs is 2. The molecule has 1 heterocycles. The van der Waals surface area contributed by atoms with E-state index in [0.29, 0.717) is 40.5 Å². The maximum absolute atomic E-state index is 13.0. The van der Waals surface area contributed by atoms with E-state index in [-0.39, 0.29) is 39.2 Å². The lowest BCUT2D eigenvalue weighted by atomic mass is 9.87. The van der Waals surface area contributed by atoms with Gasteiger partial charge in [-0.1, -0.05) is 52.4 Å². The molecule has 0 amide bonds. The number of rotatable bonds is 13. The van der Waals surface area contributed by atoms with E-state index in [2.05, 4.69) is 13.8 Å². The third kappa shape index (κ3) is 6.19. The van der Waals surface area contributed by atoms with E-state index in [1.165, 1.54) is 30.3 Å². The van der Waals surface area contributed by atoms with E-state index in [1.54, 1.807) is 12.1 Å². The van der Waals surface area contributed by atoms with E-state index in [0.717, 1.165) is 51.4 Å². The Hall–Kier alpha value is -4.13. The van der Waals surface area contributed by atoms with Gasteiger partial charge in [0.25, 0.3) is 0 Å². The second-order valence-corrected chi connectivity index (χ2v) is 10.4. The number of hydrogen-bond donors (Lipinski definition) is 3. The van der Waals surface area contributed by atoms with Gasteiger partial charge >= 0.3 is 11.9 Å². The molecular weight excluding hydrogens is 508 g/mol. The van der Waals surface area contributed by atoms with Crippen LogP contribution in [0, 0.1) is 0 Å². The van der Waals surface area contributed by atoms with Crippen LogP contribution in [0.3, 0.4) is 0 Å². The Morgan fingerprint density at radius 3 is 2.05 bits per heavy atom. The van der Waals surface area contributed by atoms with Gasteiger partial charge in [-0.2, -0.15) is 0 Å². The Labute approximate surface area is 233 Å². The van der Waals surface area contributed by atoms with E-state index in [4.69, 9.17) is 4.42 Å². The van der Waals surface area contributed by atoms with Crippen molar-refractivity contribution in [1.29, 1.82) is 0 Å². The summed E-state index contributed by atoms with van der Waals surface area (Å²) in [7, 11) is 0. The molecule has 0 fully saturated rings. The number of benzene rings is 3. The predicted molar refractivity (Wildman–Crippen MR) is 156 cm³/mol. The van der Waals surface area contributed by atoms with Crippen molar-refractivity contribution in [2.75, 3.05) is 0 Å². The Balaban J connectivity index is 2.03. The summed E-state index contributed by atoms with van der Waals surface area (Å²) in [5.41, 5.74) is 2.52. The summed E-state index contributed by atoms with van der Waals surface area (Å²) in [5.74, 6) is -2.07. The number of carbonyl (C=O) groups is 2. The summed E-state index contributed by atoms with van der Waals surface area (Å²) < 4.78 is 6.12. The highest BCUT2D eigenvalue weighted by molar-refractivity contribution is 6.09. The van der Waals surface area contributed by atoms with Crippen molar-refractivity contribution in [2.24, 2.45) is 0 Å². The lowest BCUT2D eigenvalue weighted by Crippen LogP contribution is -2.10. The maximum Gasteiger partial charge on any atom is 0.336 e. The quantitative estimate of drug-likeness (QED) is 0.115. The number of aryl methyl sites for hydroxylation is 2. The van der Waals surface area contributed by atoms with Crippen molar-refractivity contribution in [3.63, 3.8) is 0 Å². The molecule has 0 bridgehead atoms. The van der Waals surface area contributed by atoms with Gasteiger partial charge in [0.05, 0.1) is 11.1 Å². The average Bonchev–Trinajstić information content (AvgIpc) is 2.92. The fourth-order valence-electron chi connectivity index (χ4n) is 5.28.